The second-order valence-electron chi connectivity index (χ2n) is 7.09. The Kier molecular flexibility index (Phi) is 5.38. The van der Waals surface area contributed by atoms with Gasteiger partial charge in [-0.3, -0.25) is 14.4 Å². The molecule has 0 N–H and O–H groups in total. The van der Waals surface area contributed by atoms with Gasteiger partial charge in [-0.25, -0.2) is 0 Å². The first-order chi connectivity index (χ1) is 12.5. The highest BCUT2D eigenvalue weighted by Gasteiger charge is 2.33. The molecule has 2 aromatic rings. The minimum Gasteiger partial charge on any atom is -0.341 e. The summed E-state index contributed by atoms with van der Waals surface area (Å²) in [6, 6.07) is 11.3. The molecule has 0 spiro atoms. The first kappa shape index (κ1) is 18.2. The van der Waals surface area contributed by atoms with Crippen LogP contribution in [0.1, 0.15) is 40.5 Å². The molecule has 0 saturated carbocycles. The highest BCUT2D eigenvalue weighted by molar-refractivity contribution is 5.94. The Hall–Kier alpha value is -2.65. The van der Waals surface area contributed by atoms with Crippen LogP contribution in [0.25, 0.3) is 0 Å². The van der Waals surface area contributed by atoms with Crippen LogP contribution in [0.2, 0.25) is 0 Å². The topological polar surface area (TPSA) is 65.2 Å². The summed E-state index contributed by atoms with van der Waals surface area (Å²) in [4.78, 5) is 17.0. The van der Waals surface area contributed by atoms with Crippen LogP contribution in [0.5, 0.6) is 0 Å². The molecule has 1 fully saturated rings. The summed E-state index contributed by atoms with van der Waals surface area (Å²) < 4.78 is 1.93. The van der Waals surface area contributed by atoms with Crippen molar-refractivity contribution in [3.63, 3.8) is 0 Å². The number of hydrogen-bond acceptors (Lipinski definition) is 4. The number of rotatable bonds is 4. The van der Waals surface area contributed by atoms with Crippen molar-refractivity contribution >= 4 is 5.91 Å². The Labute approximate surface area is 154 Å². The largest absolute Gasteiger partial charge is 0.341 e. The second-order valence-corrected chi connectivity index (χ2v) is 7.09. The zero-order valence-electron chi connectivity index (χ0n) is 15.6. The lowest BCUT2D eigenvalue weighted by Gasteiger charge is -2.40. The van der Waals surface area contributed by atoms with E-state index in [0.717, 1.165) is 19.4 Å². The maximum atomic E-state index is 12.8. The third-order valence-electron chi connectivity index (χ3n) is 5.26. The maximum Gasteiger partial charge on any atom is 0.253 e. The second kappa shape index (κ2) is 7.71. The summed E-state index contributed by atoms with van der Waals surface area (Å²) >= 11 is 0. The van der Waals surface area contributed by atoms with Crippen molar-refractivity contribution in [3.8, 4) is 6.07 Å². The molecule has 136 valence electrons. The van der Waals surface area contributed by atoms with Gasteiger partial charge < -0.3 is 4.90 Å². The molecular weight excluding hydrogens is 326 g/mol. The molecule has 2 heterocycles. The molecule has 6 nitrogen and oxygen atoms in total. The van der Waals surface area contributed by atoms with Crippen molar-refractivity contribution in [2.75, 3.05) is 27.2 Å². The summed E-state index contributed by atoms with van der Waals surface area (Å²) in [5.74, 6) is 0.302. The third-order valence-corrected chi connectivity index (χ3v) is 5.26. The molecule has 1 amide bonds. The van der Waals surface area contributed by atoms with E-state index in [1.165, 1.54) is 5.69 Å². The predicted molar refractivity (Wildman–Crippen MR) is 99.4 cm³/mol. The van der Waals surface area contributed by atoms with Gasteiger partial charge in [0.25, 0.3) is 5.91 Å². The Balaban J connectivity index is 1.78. The van der Waals surface area contributed by atoms with Gasteiger partial charge in [0.05, 0.1) is 23.4 Å². The van der Waals surface area contributed by atoms with Gasteiger partial charge >= 0.3 is 0 Å². The molecule has 1 aliphatic heterocycles. The minimum absolute atomic E-state index is 0.0425. The Morgan fingerprint density at radius 3 is 2.88 bits per heavy atom. The lowest BCUT2D eigenvalue weighted by Crippen LogP contribution is -2.43. The highest BCUT2D eigenvalue weighted by Crippen LogP contribution is 2.35. The van der Waals surface area contributed by atoms with Gasteiger partial charge in [-0.15, -0.1) is 0 Å². The van der Waals surface area contributed by atoms with Gasteiger partial charge in [-0.05, 0) is 56.6 Å². The van der Waals surface area contributed by atoms with E-state index in [9.17, 15) is 4.79 Å². The van der Waals surface area contributed by atoms with Gasteiger partial charge in [-0.2, -0.15) is 10.4 Å². The molecule has 1 saturated heterocycles. The number of carbonyl (C=O) groups is 1. The fourth-order valence-corrected chi connectivity index (χ4v) is 3.97. The first-order valence-electron chi connectivity index (χ1n) is 8.95. The maximum absolute atomic E-state index is 12.8. The van der Waals surface area contributed by atoms with Crippen LogP contribution in [0, 0.1) is 17.2 Å². The fourth-order valence-electron chi connectivity index (χ4n) is 3.97. The zero-order chi connectivity index (χ0) is 18.7. The monoisotopic (exact) mass is 351 g/mol. The minimum atomic E-state index is -0.0425. The van der Waals surface area contributed by atoms with E-state index in [2.05, 4.69) is 29.2 Å². The van der Waals surface area contributed by atoms with Crippen molar-refractivity contribution in [1.82, 2.24) is 19.6 Å². The summed E-state index contributed by atoms with van der Waals surface area (Å²) in [7, 11) is 5.95. The quantitative estimate of drug-likeness (QED) is 0.849. The average molecular weight is 351 g/mol. The van der Waals surface area contributed by atoms with E-state index in [0.29, 0.717) is 23.6 Å². The van der Waals surface area contributed by atoms with Crippen LogP contribution in [0.15, 0.2) is 36.5 Å². The number of aryl methyl sites for hydroxylation is 1. The van der Waals surface area contributed by atoms with Crippen LogP contribution in [-0.4, -0.2) is 52.7 Å². The Morgan fingerprint density at radius 1 is 1.38 bits per heavy atom. The number of amides is 1. The lowest BCUT2D eigenvalue weighted by molar-refractivity contribution is 0.0630. The van der Waals surface area contributed by atoms with Crippen LogP contribution >= 0.6 is 0 Å². The highest BCUT2D eigenvalue weighted by atomic mass is 16.2. The van der Waals surface area contributed by atoms with Crippen LogP contribution in [0.3, 0.4) is 0 Å². The fraction of sp³-hybridized carbons (Fsp3) is 0.450. The number of likely N-dealkylation sites (tertiary alicyclic amines) is 1. The smallest absolute Gasteiger partial charge is 0.253 e. The third kappa shape index (κ3) is 3.63. The van der Waals surface area contributed by atoms with Gasteiger partial charge in [0.1, 0.15) is 0 Å². The molecule has 2 atom stereocenters. The lowest BCUT2D eigenvalue weighted by atomic mass is 9.86. The van der Waals surface area contributed by atoms with E-state index in [1.54, 1.807) is 29.2 Å². The number of nitrogens with zero attached hydrogens (tertiary/aromatic N) is 5. The van der Waals surface area contributed by atoms with Crippen molar-refractivity contribution in [2.24, 2.45) is 13.0 Å². The van der Waals surface area contributed by atoms with E-state index in [1.807, 2.05) is 25.0 Å². The van der Waals surface area contributed by atoms with Crippen molar-refractivity contribution in [1.29, 1.82) is 5.26 Å². The molecule has 0 aliphatic carbocycles. The van der Waals surface area contributed by atoms with Crippen molar-refractivity contribution in [3.05, 3.63) is 53.3 Å². The molecule has 26 heavy (non-hydrogen) atoms. The van der Waals surface area contributed by atoms with Gasteiger partial charge in [0, 0.05) is 32.4 Å². The van der Waals surface area contributed by atoms with Crippen molar-refractivity contribution in [2.45, 2.75) is 18.9 Å². The zero-order valence-corrected chi connectivity index (χ0v) is 15.6. The number of benzene rings is 1. The summed E-state index contributed by atoms with van der Waals surface area (Å²) in [5, 5.41) is 13.4. The molecule has 1 aromatic heterocycles. The van der Waals surface area contributed by atoms with Crippen LogP contribution < -0.4 is 0 Å². The number of carbonyl (C=O) groups excluding carboxylic acids is 1. The van der Waals surface area contributed by atoms with E-state index in [4.69, 9.17) is 5.26 Å². The number of aromatic nitrogens is 2. The SMILES string of the molecule is CN(C[C@@H]1CCCN(C)[C@H]1c1ccnn1C)C(=O)c1cccc(C#N)c1. The van der Waals surface area contributed by atoms with Crippen LogP contribution in [0.4, 0.5) is 0 Å². The molecule has 3 rings (SSSR count). The standard InChI is InChI=1S/C20H25N5O/c1-23-11-5-8-17(19(23)18-9-10-22-25(18)3)14-24(2)20(26)16-7-4-6-15(12-16)13-21/h4,6-7,9-10,12,17,19H,5,8,11,14H2,1-3H3/t17-,19+/m0/s1. The van der Waals surface area contributed by atoms with Crippen molar-refractivity contribution < 1.29 is 4.79 Å². The predicted octanol–water partition coefficient (Wildman–Crippen LogP) is 2.45. The molecule has 0 radical (unpaired) electrons. The van der Waals surface area contributed by atoms with Gasteiger partial charge in [0.2, 0.25) is 0 Å². The molecule has 0 bridgehead atoms. The summed E-state index contributed by atoms with van der Waals surface area (Å²) in [5.41, 5.74) is 2.26. The number of hydrogen-bond donors (Lipinski definition) is 0. The van der Waals surface area contributed by atoms with Gasteiger partial charge in [-0.1, -0.05) is 6.07 Å². The Morgan fingerprint density at radius 2 is 2.19 bits per heavy atom. The number of nitriles is 1. The Bertz CT molecular complexity index is 822. The first-order valence-corrected chi connectivity index (χ1v) is 8.95. The van der Waals surface area contributed by atoms with Crippen LogP contribution in [-0.2, 0) is 7.05 Å². The molecule has 0 unspecified atom stereocenters. The molecule has 1 aromatic carbocycles. The van der Waals surface area contributed by atoms with E-state index >= 15 is 0 Å². The molecular formula is C20H25N5O. The van der Waals surface area contributed by atoms with Gasteiger partial charge in [0.15, 0.2) is 0 Å². The average Bonchev–Trinajstić information content (AvgIpc) is 3.06. The summed E-state index contributed by atoms with van der Waals surface area (Å²) in [6.07, 6.45) is 4.04. The van der Waals surface area contributed by atoms with E-state index in [-0.39, 0.29) is 11.9 Å². The normalized spacial score (nSPS) is 20.5. The molecule has 6 heteroatoms. The summed E-state index contributed by atoms with van der Waals surface area (Å²) in [6.45, 7) is 1.73. The number of piperidine rings is 1. The molecule has 1 aliphatic rings. The van der Waals surface area contributed by atoms with E-state index < -0.39 is 0 Å².